The molecule has 3 aromatic rings. The maximum absolute atomic E-state index is 12.5. The SMILES string of the molecule is COc1ccc(CC(=O)N[C@@H](C)c2nnc(SCC(=O)Nc3c(C)cccc3C)n2C)cc1. The van der Waals surface area contributed by atoms with E-state index in [0.29, 0.717) is 11.0 Å². The molecule has 0 aliphatic heterocycles. The van der Waals surface area contributed by atoms with E-state index in [4.69, 9.17) is 4.74 Å². The zero-order chi connectivity index (χ0) is 24.0. The third-order valence-electron chi connectivity index (χ3n) is 5.24. The molecule has 174 valence electrons. The van der Waals surface area contributed by atoms with E-state index in [1.165, 1.54) is 11.8 Å². The molecule has 8 nitrogen and oxygen atoms in total. The number of ether oxygens (including phenoxy) is 1. The van der Waals surface area contributed by atoms with Crippen LogP contribution in [0.15, 0.2) is 47.6 Å². The Bertz CT molecular complexity index is 1110. The van der Waals surface area contributed by atoms with Gasteiger partial charge in [-0.2, -0.15) is 0 Å². The lowest BCUT2D eigenvalue weighted by molar-refractivity contribution is -0.121. The van der Waals surface area contributed by atoms with Crippen molar-refractivity contribution in [1.82, 2.24) is 20.1 Å². The van der Waals surface area contributed by atoms with Crippen molar-refractivity contribution >= 4 is 29.3 Å². The van der Waals surface area contributed by atoms with Gasteiger partial charge in [0.25, 0.3) is 0 Å². The summed E-state index contributed by atoms with van der Waals surface area (Å²) >= 11 is 1.30. The van der Waals surface area contributed by atoms with Crippen LogP contribution < -0.4 is 15.4 Å². The monoisotopic (exact) mass is 467 g/mol. The molecule has 2 amide bonds. The normalized spacial score (nSPS) is 11.7. The third-order valence-corrected chi connectivity index (χ3v) is 6.26. The number of carbonyl (C=O) groups is 2. The molecule has 0 bridgehead atoms. The van der Waals surface area contributed by atoms with Gasteiger partial charge in [0, 0.05) is 12.7 Å². The molecule has 2 N–H and O–H groups in total. The Labute approximate surface area is 198 Å². The molecular formula is C24H29N5O3S. The lowest BCUT2D eigenvalue weighted by Crippen LogP contribution is -2.29. The molecule has 1 aromatic heterocycles. The van der Waals surface area contributed by atoms with Crippen molar-refractivity contribution in [3.8, 4) is 5.75 Å². The van der Waals surface area contributed by atoms with Crippen LogP contribution in [0.1, 0.15) is 35.5 Å². The highest BCUT2D eigenvalue weighted by Gasteiger charge is 2.19. The van der Waals surface area contributed by atoms with Gasteiger partial charge < -0.3 is 19.9 Å². The summed E-state index contributed by atoms with van der Waals surface area (Å²) in [4.78, 5) is 24.9. The molecule has 0 saturated heterocycles. The largest absolute Gasteiger partial charge is 0.497 e. The molecule has 0 radical (unpaired) electrons. The number of benzene rings is 2. The Hall–Kier alpha value is -3.33. The number of hydrogen-bond donors (Lipinski definition) is 2. The molecular weight excluding hydrogens is 438 g/mol. The van der Waals surface area contributed by atoms with Crippen molar-refractivity contribution in [1.29, 1.82) is 0 Å². The zero-order valence-electron chi connectivity index (χ0n) is 19.5. The maximum atomic E-state index is 12.5. The molecule has 2 aromatic carbocycles. The first kappa shape index (κ1) is 24.3. The molecule has 1 atom stereocenters. The standard InChI is InChI=1S/C24H29N5O3S/c1-15-7-6-8-16(2)22(15)26-21(31)14-33-24-28-27-23(29(24)4)17(3)25-20(30)13-18-9-11-19(32-5)12-10-18/h6-12,17H,13-14H2,1-5H3,(H,25,30)(H,26,31)/t17-/m0/s1. The van der Waals surface area contributed by atoms with Crippen molar-refractivity contribution in [3.63, 3.8) is 0 Å². The van der Waals surface area contributed by atoms with E-state index < -0.39 is 0 Å². The van der Waals surface area contributed by atoms with Gasteiger partial charge in [-0.05, 0) is 49.6 Å². The first-order valence-electron chi connectivity index (χ1n) is 10.6. The second kappa shape index (κ2) is 11.0. The second-order valence-electron chi connectivity index (χ2n) is 7.82. The summed E-state index contributed by atoms with van der Waals surface area (Å²) in [5.74, 6) is 1.36. The van der Waals surface area contributed by atoms with Crippen molar-refractivity contribution in [2.24, 2.45) is 7.05 Å². The van der Waals surface area contributed by atoms with Gasteiger partial charge in [-0.1, -0.05) is 42.1 Å². The van der Waals surface area contributed by atoms with Crippen molar-refractivity contribution in [3.05, 3.63) is 65.0 Å². The Kier molecular flexibility index (Phi) is 8.11. The Morgan fingerprint density at radius 2 is 1.73 bits per heavy atom. The summed E-state index contributed by atoms with van der Waals surface area (Å²) in [5.41, 5.74) is 3.78. The summed E-state index contributed by atoms with van der Waals surface area (Å²) in [6, 6.07) is 13.0. The quantitative estimate of drug-likeness (QED) is 0.467. The average Bonchev–Trinajstić information content (AvgIpc) is 3.15. The molecule has 0 aliphatic rings. The van der Waals surface area contributed by atoms with Crippen LogP contribution >= 0.6 is 11.8 Å². The number of rotatable bonds is 9. The van der Waals surface area contributed by atoms with Gasteiger partial charge in [0.2, 0.25) is 11.8 Å². The molecule has 0 spiro atoms. The molecule has 3 rings (SSSR count). The van der Waals surface area contributed by atoms with Crippen LogP contribution in [0.25, 0.3) is 0 Å². The fraction of sp³-hybridized carbons (Fsp3) is 0.333. The van der Waals surface area contributed by atoms with E-state index in [2.05, 4.69) is 20.8 Å². The average molecular weight is 468 g/mol. The molecule has 33 heavy (non-hydrogen) atoms. The number of methoxy groups -OCH3 is 1. The molecule has 0 unspecified atom stereocenters. The van der Waals surface area contributed by atoms with Crippen molar-refractivity contribution in [2.45, 2.75) is 38.4 Å². The predicted molar refractivity (Wildman–Crippen MR) is 130 cm³/mol. The number of hydrogen-bond acceptors (Lipinski definition) is 6. The zero-order valence-corrected chi connectivity index (χ0v) is 20.3. The number of carbonyl (C=O) groups excluding carboxylic acids is 2. The maximum Gasteiger partial charge on any atom is 0.234 e. The number of anilines is 1. The third kappa shape index (κ3) is 6.35. The summed E-state index contributed by atoms with van der Waals surface area (Å²) in [5, 5.41) is 14.9. The van der Waals surface area contributed by atoms with Gasteiger partial charge >= 0.3 is 0 Å². The first-order valence-corrected chi connectivity index (χ1v) is 11.6. The minimum Gasteiger partial charge on any atom is -0.497 e. The topological polar surface area (TPSA) is 98.1 Å². The van der Waals surface area contributed by atoms with Gasteiger partial charge in [0.1, 0.15) is 5.75 Å². The van der Waals surface area contributed by atoms with E-state index in [-0.39, 0.29) is 30.0 Å². The molecule has 0 aliphatic carbocycles. The van der Waals surface area contributed by atoms with Crippen LogP contribution in [0, 0.1) is 13.8 Å². The van der Waals surface area contributed by atoms with E-state index in [1.54, 1.807) is 11.7 Å². The Morgan fingerprint density at radius 1 is 1.06 bits per heavy atom. The number of thioether (sulfide) groups is 1. The highest BCUT2D eigenvalue weighted by Crippen LogP contribution is 2.22. The summed E-state index contributed by atoms with van der Waals surface area (Å²) in [6.07, 6.45) is 0.256. The minimum absolute atomic E-state index is 0.109. The van der Waals surface area contributed by atoms with E-state index in [1.807, 2.05) is 70.3 Å². The first-order chi connectivity index (χ1) is 15.8. The Balaban J connectivity index is 1.54. The summed E-state index contributed by atoms with van der Waals surface area (Å²) in [7, 11) is 3.43. The predicted octanol–water partition coefficient (Wildman–Crippen LogP) is 3.59. The van der Waals surface area contributed by atoms with E-state index >= 15 is 0 Å². The van der Waals surface area contributed by atoms with Crippen LogP contribution in [0.4, 0.5) is 5.69 Å². The van der Waals surface area contributed by atoms with Gasteiger partial charge in [-0.15, -0.1) is 10.2 Å². The van der Waals surface area contributed by atoms with Crippen molar-refractivity contribution in [2.75, 3.05) is 18.2 Å². The smallest absolute Gasteiger partial charge is 0.234 e. The van der Waals surface area contributed by atoms with E-state index in [9.17, 15) is 9.59 Å². The van der Waals surface area contributed by atoms with Gasteiger partial charge in [0.15, 0.2) is 11.0 Å². The van der Waals surface area contributed by atoms with Gasteiger partial charge in [-0.3, -0.25) is 9.59 Å². The van der Waals surface area contributed by atoms with Crippen molar-refractivity contribution < 1.29 is 14.3 Å². The number of nitrogens with one attached hydrogen (secondary N) is 2. The fourth-order valence-electron chi connectivity index (χ4n) is 3.43. The molecule has 9 heteroatoms. The number of aromatic nitrogens is 3. The second-order valence-corrected chi connectivity index (χ2v) is 8.76. The minimum atomic E-state index is -0.328. The summed E-state index contributed by atoms with van der Waals surface area (Å²) in [6.45, 7) is 5.79. The lowest BCUT2D eigenvalue weighted by atomic mass is 10.1. The van der Waals surface area contributed by atoms with Crippen LogP contribution in [0.3, 0.4) is 0 Å². The highest BCUT2D eigenvalue weighted by atomic mass is 32.2. The van der Waals surface area contributed by atoms with Crippen LogP contribution in [0.2, 0.25) is 0 Å². The Morgan fingerprint density at radius 3 is 2.36 bits per heavy atom. The van der Waals surface area contributed by atoms with Crippen LogP contribution in [0.5, 0.6) is 5.75 Å². The van der Waals surface area contributed by atoms with E-state index in [0.717, 1.165) is 28.1 Å². The lowest BCUT2D eigenvalue weighted by Gasteiger charge is -2.14. The number of para-hydroxylation sites is 1. The van der Waals surface area contributed by atoms with Crippen LogP contribution in [-0.2, 0) is 23.1 Å². The number of aryl methyl sites for hydroxylation is 2. The fourth-order valence-corrected chi connectivity index (χ4v) is 4.15. The van der Waals surface area contributed by atoms with Gasteiger partial charge in [-0.25, -0.2) is 0 Å². The highest BCUT2D eigenvalue weighted by molar-refractivity contribution is 7.99. The molecule has 0 fully saturated rings. The summed E-state index contributed by atoms with van der Waals surface area (Å²) < 4.78 is 6.94. The van der Waals surface area contributed by atoms with Gasteiger partial charge in [0.05, 0.1) is 25.3 Å². The molecule has 0 saturated carbocycles. The number of amides is 2. The van der Waals surface area contributed by atoms with Crippen LogP contribution in [-0.4, -0.2) is 39.4 Å². The molecule has 1 heterocycles. The number of nitrogens with zero attached hydrogens (tertiary/aromatic N) is 3.